The first-order valence-electron chi connectivity index (χ1n) is 8.97. The minimum Gasteiger partial charge on any atom is -0.342 e. The van der Waals surface area contributed by atoms with Crippen LogP contribution >= 0.6 is 0 Å². The van der Waals surface area contributed by atoms with Crippen LogP contribution in [0.5, 0.6) is 0 Å². The number of quaternary nitrogens is 1. The maximum absolute atomic E-state index is 12.8. The van der Waals surface area contributed by atoms with Crippen molar-refractivity contribution in [3.63, 3.8) is 0 Å². The lowest BCUT2D eigenvalue weighted by atomic mass is 10.3. The highest BCUT2D eigenvalue weighted by molar-refractivity contribution is 5.94. The number of pyridine rings is 1. The first kappa shape index (κ1) is 18.8. The molecule has 4 N–H and O–H groups in total. The fourth-order valence-electron chi connectivity index (χ4n) is 3.03. The second kappa shape index (κ2) is 9.09. The highest BCUT2D eigenvalue weighted by atomic mass is 19.1. The highest BCUT2D eigenvalue weighted by Crippen LogP contribution is 2.07. The Balaban J connectivity index is 1.36. The van der Waals surface area contributed by atoms with Crippen LogP contribution in [0.4, 0.5) is 15.9 Å². The Bertz CT molecular complexity index is 761. The van der Waals surface area contributed by atoms with E-state index < -0.39 is 0 Å². The molecule has 0 bridgehead atoms. The number of nitrogens with zero attached hydrogens (tertiary/aromatic N) is 1. The van der Waals surface area contributed by atoms with Gasteiger partial charge in [0.05, 0.1) is 12.7 Å². The van der Waals surface area contributed by atoms with Crippen molar-refractivity contribution < 1.29 is 23.9 Å². The lowest BCUT2D eigenvalue weighted by molar-refractivity contribution is -0.892. The van der Waals surface area contributed by atoms with Crippen LogP contribution in [-0.4, -0.2) is 51.1 Å². The monoisotopic (exact) mass is 373 g/mol. The van der Waals surface area contributed by atoms with E-state index in [1.54, 1.807) is 0 Å². The van der Waals surface area contributed by atoms with Crippen molar-refractivity contribution in [2.45, 2.75) is 0 Å². The minimum atomic E-state index is -0.366. The Morgan fingerprint density at radius 1 is 1.07 bits per heavy atom. The van der Waals surface area contributed by atoms with E-state index in [0.29, 0.717) is 12.2 Å². The van der Waals surface area contributed by atoms with Crippen LogP contribution in [-0.2, 0) is 9.59 Å². The first-order chi connectivity index (χ1) is 13.1. The summed E-state index contributed by atoms with van der Waals surface area (Å²) in [5, 5.41) is 5.25. The molecule has 0 unspecified atom stereocenters. The highest BCUT2D eigenvalue weighted by Gasteiger charge is 2.27. The summed E-state index contributed by atoms with van der Waals surface area (Å²) in [7, 11) is 0. The Morgan fingerprint density at radius 2 is 1.81 bits per heavy atom. The van der Waals surface area contributed by atoms with Crippen LogP contribution in [0, 0.1) is 5.82 Å². The van der Waals surface area contributed by atoms with Crippen molar-refractivity contribution in [1.29, 1.82) is 0 Å². The maximum Gasteiger partial charge on any atom is 0.275 e. The van der Waals surface area contributed by atoms with Gasteiger partial charge >= 0.3 is 0 Å². The molecule has 2 heterocycles. The molecule has 142 valence electrons. The molecule has 3 rings (SSSR count). The van der Waals surface area contributed by atoms with Crippen molar-refractivity contribution in [2.75, 3.05) is 49.5 Å². The Morgan fingerprint density at radius 3 is 2.48 bits per heavy atom. The van der Waals surface area contributed by atoms with Gasteiger partial charge in [-0.25, -0.2) is 9.37 Å². The number of H-pyrrole nitrogens is 1. The summed E-state index contributed by atoms with van der Waals surface area (Å²) in [6, 6.07) is 11.5. The molecule has 1 aromatic heterocycles. The second-order valence-corrected chi connectivity index (χ2v) is 6.49. The number of carbonyl (C=O) groups is 2. The van der Waals surface area contributed by atoms with E-state index in [0.717, 1.165) is 32.0 Å². The number of rotatable bonds is 6. The molecule has 2 amide bonds. The fourth-order valence-corrected chi connectivity index (χ4v) is 3.03. The van der Waals surface area contributed by atoms with Crippen molar-refractivity contribution in [3.8, 4) is 0 Å². The molecule has 0 radical (unpaired) electrons. The van der Waals surface area contributed by atoms with Gasteiger partial charge in [-0.2, -0.15) is 0 Å². The van der Waals surface area contributed by atoms with Gasteiger partial charge in [0.15, 0.2) is 6.54 Å². The Labute approximate surface area is 157 Å². The standard InChI is InChI=1S/C19H22FN5O2/c20-15-4-6-16(7-5-15)23-18(26)13-22-19(27)14-24-9-11-25(12-10-24)17-3-1-2-8-21-17/h1-8H,9-14H2,(H,22,27)(H,23,26)/p+2. The number of carbonyl (C=O) groups excluding carboxylic acids is 2. The molecule has 1 fully saturated rings. The van der Waals surface area contributed by atoms with Gasteiger partial charge in [-0.15, -0.1) is 0 Å². The molecular weight excluding hydrogens is 349 g/mol. The minimum absolute atomic E-state index is 0.103. The predicted molar refractivity (Wildman–Crippen MR) is 98.8 cm³/mol. The fraction of sp³-hybridized carbons (Fsp3) is 0.316. The number of amides is 2. The van der Waals surface area contributed by atoms with Crippen LogP contribution < -0.4 is 25.4 Å². The molecule has 0 saturated carbocycles. The van der Waals surface area contributed by atoms with Gasteiger partial charge in [-0.3, -0.25) is 14.5 Å². The summed E-state index contributed by atoms with van der Waals surface area (Å²) in [5.74, 6) is 0.223. The van der Waals surface area contributed by atoms with Gasteiger partial charge in [-0.05, 0) is 30.3 Å². The van der Waals surface area contributed by atoms with E-state index in [4.69, 9.17) is 0 Å². The third-order valence-electron chi connectivity index (χ3n) is 4.49. The maximum atomic E-state index is 12.8. The van der Waals surface area contributed by atoms with Crippen molar-refractivity contribution in [3.05, 3.63) is 54.5 Å². The zero-order chi connectivity index (χ0) is 19.1. The van der Waals surface area contributed by atoms with Gasteiger partial charge < -0.3 is 15.5 Å². The van der Waals surface area contributed by atoms with Gasteiger partial charge in [0.2, 0.25) is 5.91 Å². The van der Waals surface area contributed by atoms with Crippen molar-refractivity contribution >= 4 is 23.3 Å². The van der Waals surface area contributed by atoms with Crippen molar-refractivity contribution in [2.24, 2.45) is 0 Å². The predicted octanol–water partition coefficient (Wildman–Crippen LogP) is -0.900. The van der Waals surface area contributed by atoms with Crippen molar-refractivity contribution in [1.82, 2.24) is 5.32 Å². The zero-order valence-corrected chi connectivity index (χ0v) is 15.0. The third-order valence-corrected chi connectivity index (χ3v) is 4.49. The molecule has 8 heteroatoms. The molecule has 0 atom stereocenters. The van der Waals surface area contributed by atoms with E-state index in [9.17, 15) is 14.0 Å². The second-order valence-electron chi connectivity index (χ2n) is 6.49. The molecule has 7 nitrogen and oxygen atoms in total. The number of aromatic amines is 1. The molecule has 2 aromatic rings. The molecule has 27 heavy (non-hydrogen) atoms. The van der Waals surface area contributed by atoms with E-state index in [1.165, 1.54) is 29.2 Å². The third kappa shape index (κ3) is 5.75. The van der Waals surface area contributed by atoms with Crippen LogP contribution in [0.2, 0.25) is 0 Å². The summed E-state index contributed by atoms with van der Waals surface area (Å²) in [6.07, 6.45) is 1.90. The average molecular weight is 373 g/mol. The first-order valence-corrected chi connectivity index (χ1v) is 8.97. The van der Waals surface area contributed by atoms with E-state index in [2.05, 4.69) is 20.5 Å². The van der Waals surface area contributed by atoms with Crippen LogP contribution in [0.15, 0.2) is 48.7 Å². The molecule has 1 aliphatic heterocycles. The van der Waals surface area contributed by atoms with E-state index in [1.807, 2.05) is 24.4 Å². The Hall–Kier alpha value is -3.00. The number of anilines is 2. The largest absolute Gasteiger partial charge is 0.342 e. The number of hydrogen-bond donors (Lipinski definition) is 3. The number of piperazine rings is 1. The molecule has 0 spiro atoms. The number of benzene rings is 1. The number of hydrogen-bond acceptors (Lipinski definition) is 3. The lowest BCUT2D eigenvalue weighted by Gasteiger charge is -2.27. The number of nitrogens with one attached hydrogen (secondary N) is 4. The topological polar surface area (TPSA) is 80.0 Å². The van der Waals surface area contributed by atoms with Crippen LogP contribution in [0.3, 0.4) is 0 Å². The SMILES string of the molecule is O=C(C[NH+]1CCN(c2cccc[nH+]2)CC1)NCC(=O)Nc1ccc(F)cc1. The summed E-state index contributed by atoms with van der Waals surface area (Å²) in [4.78, 5) is 30.6. The molecule has 1 aromatic carbocycles. The van der Waals surface area contributed by atoms with Gasteiger partial charge in [0.1, 0.15) is 32.0 Å². The summed E-state index contributed by atoms with van der Waals surface area (Å²) in [6.45, 7) is 3.70. The van der Waals surface area contributed by atoms with Crippen LogP contribution in [0.25, 0.3) is 0 Å². The smallest absolute Gasteiger partial charge is 0.275 e. The molecular formula is C19H24FN5O2+2. The van der Waals surface area contributed by atoms with E-state index >= 15 is 0 Å². The molecule has 1 aliphatic rings. The van der Waals surface area contributed by atoms with Crippen LogP contribution in [0.1, 0.15) is 0 Å². The van der Waals surface area contributed by atoms with E-state index in [-0.39, 0.29) is 24.2 Å². The average Bonchev–Trinajstić information content (AvgIpc) is 2.69. The number of aromatic nitrogens is 1. The summed E-state index contributed by atoms with van der Waals surface area (Å²) in [5.41, 5.74) is 0.495. The van der Waals surface area contributed by atoms with Gasteiger partial charge in [0.25, 0.3) is 11.7 Å². The van der Waals surface area contributed by atoms with Gasteiger partial charge in [0, 0.05) is 11.8 Å². The molecule has 1 saturated heterocycles. The normalized spacial score (nSPS) is 14.6. The van der Waals surface area contributed by atoms with Gasteiger partial charge in [-0.1, -0.05) is 6.07 Å². The lowest BCUT2D eigenvalue weighted by Crippen LogP contribution is -3.16. The quantitative estimate of drug-likeness (QED) is 0.614. The zero-order valence-electron chi connectivity index (χ0n) is 15.0. The summed E-state index contributed by atoms with van der Waals surface area (Å²) < 4.78 is 12.8. The summed E-state index contributed by atoms with van der Waals surface area (Å²) >= 11 is 0. The Kier molecular flexibility index (Phi) is 6.32. The number of halogens is 1. The molecule has 0 aliphatic carbocycles.